The number of hydrogen-bond donors (Lipinski definition) is 1. The lowest BCUT2D eigenvalue weighted by Crippen LogP contribution is -2.27. The first-order valence-electron chi connectivity index (χ1n) is 4.12. The Morgan fingerprint density at radius 3 is 2.31 bits per heavy atom. The van der Waals surface area contributed by atoms with Gasteiger partial charge in [0.25, 0.3) is 5.91 Å². The highest BCUT2D eigenvalue weighted by molar-refractivity contribution is 6.27. The molecule has 0 aliphatic heterocycles. The molecule has 3 nitrogen and oxygen atoms in total. The molecule has 1 rings (SSSR count). The van der Waals surface area contributed by atoms with Gasteiger partial charge in [-0.2, -0.15) is 18.7 Å². The third-order valence-electron chi connectivity index (χ3n) is 1.59. The van der Waals surface area contributed by atoms with Crippen molar-refractivity contribution in [3.63, 3.8) is 0 Å². The van der Waals surface area contributed by atoms with Crippen LogP contribution in [0.3, 0.4) is 0 Å². The topological polar surface area (TPSA) is 38.3 Å². The zero-order valence-corrected chi connectivity index (χ0v) is 8.60. The fourth-order valence-corrected chi connectivity index (χ4v) is 0.910. The smallest absolute Gasteiger partial charge is 0.380 e. The van der Waals surface area contributed by atoms with Gasteiger partial charge in [0.05, 0.1) is 5.56 Å². The molecule has 16 heavy (non-hydrogen) atoms. The Kier molecular flexibility index (Phi) is 4.00. The van der Waals surface area contributed by atoms with Gasteiger partial charge in [-0.3, -0.25) is 4.79 Å². The van der Waals surface area contributed by atoms with Gasteiger partial charge in [-0.15, -0.1) is 11.6 Å². The van der Waals surface area contributed by atoms with E-state index in [0.29, 0.717) is 0 Å². The van der Waals surface area contributed by atoms with Crippen LogP contribution in [0, 0.1) is 0 Å². The summed E-state index contributed by atoms with van der Waals surface area (Å²) in [6, 6.07) is 3.89. The van der Waals surface area contributed by atoms with Crippen LogP contribution >= 0.6 is 11.6 Å². The van der Waals surface area contributed by atoms with E-state index in [9.17, 15) is 18.0 Å². The highest BCUT2D eigenvalue weighted by Gasteiger charge is 2.30. The highest BCUT2D eigenvalue weighted by atomic mass is 35.5. The second-order valence-corrected chi connectivity index (χ2v) is 3.05. The minimum absolute atomic E-state index is 0.0893. The van der Waals surface area contributed by atoms with Gasteiger partial charge < -0.3 is 4.84 Å². The average molecular weight is 254 g/mol. The van der Waals surface area contributed by atoms with E-state index >= 15 is 0 Å². The van der Waals surface area contributed by atoms with Gasteiger partial charge in [-0.05, 0) is 24.3 Å². The van der Waals surface area contributed by atoms with E-state index in [1.807, 2.05) is 5.48 Å². The number of benzene rings is 1. The Morgan fingerprint density at radius 2 is 1.88 bits per heavy atom. The number of alkyl halides is 4. The number of carbonyl (C=O) groups is 1. The summed E-state index contributed by atoms with van der Waals surface area (Å²) in [6.07, 6.45) is -4.39. The van der Waals surface area contributed by atoms with Gasteiger partial charge in [0.1, 0.15) is 5.88 Å². The summed E-state index contributed by atoms with van der Waals surface area (Å²) in [6.45, 7) is 0. The zero-order chi connectivity index (χ0) is 12.2. The monoisotopic (exact) mass is 253 g/mol. The summed E-state index contributed by atoms with van der Waals surface area (Å²) in [5.41, 5.74) is 1.17. The minimum Gasteiger partial charge on any atom is -0.380 e. The number of hydrogen-bond acceptors (Lipinski definition) is 2. The number of rotatable bonds is 3. The third kappa shape index (κ3) is 3.62. The average Bonchev–Trinajstić information content (AvgIpc) is 2.25. The van der Waals surface area contributed by atoms with Crippen LogP contribution in [0.2, 0.25) is 0 Å². The molecule has 7 heteroatoms. The number of nitrogens with one attached hydrogen (secondary N) is 1. The molecule has 0 fully saturated rings. The van der Waals surface area contributed by atoms with Gasteiger partial charge in [0.15, 0.2) is 5.75 Å². The van der Waals surface area contributed by atoms with Gasteiger partial charge in [-0.25, -0.2) is 0 Å². The Bertz CT molecular complexity index is 364. The zero-order valence-electron chi connectivity index (χ0n) is 7.84. The summed E-state index contributed by atoms with van der Waals surface area (Å²) in [5, 5.41) is 0. The second-order valence-electron chi connectivity index (χ2n) is 2.78. The fraction of sp³-hybridized carbons (Fsp3) is 0.222. The van der Waals surface area contributed by atoms with Crippen LogP contribution in [0.5, 0.6) is 5.75 Å². The minimum atomic E-state index is -4.39. The maximum atomic E-state index is 12.2. The van der Waals surface area contributed by atoms with Gasteiger partial charge in [0.2, 0.25) is 0 Å². The van der Waals surface area contributed by atoms with Gasteiger partial charge in [-0.1, -0.05) is 0 Å². The molecule has 0 aromatic heterocycles. The summed E-state index contributed by atoms with van der Waals surface area (Å²) >= 11 is 5.16. The molecule has 0 radical (unpaired) electrons. The van der Waals surface area contributed by atoms with Crippen molar-refractivity contribution in [2.45, 2.75) is 6.18 Å². The summed E-state index contributed by atoms with van der Waals surface area (Å²) in [4.78, 5) is 15.3. The highest BCUT2D eigenvalue weighted by Crippen LogP contribution is 2.30. The Hall–Kier alpha value is -1.43. The SMILES string of the molecule is O=C(CCl)NOc1ccc(C(F)(F)F)cc1. The lowest BCUT2D eigenvalue weighted by atomic mass is 10.2. The normalized spacial score (nSPS) is 11.0. The lowest BCUT2D eigenvalue weighted by molar-refractivity contribution is -0.137. The van der Waals surface area contributed by atoms with E-state index < -0.39 is 17.6 Å². The van der Waals surface area contributed by atoms with Crippen molar-refractivity contribution in [2.24, 2.45) is 0 Å². The van der Waals surface area contributed by atoms with Crippen molar-refractivity contribution in [1.29, 1.82) is 0 Å². The number of amides is 1. The molecule has 0 saturated carbocycles. The first-order valence-corrected chi connectivity index (χ1v) is 4.66. The molecule has 88 valence electrons. The molecule has 0 unspecified atom stereocenters. The van der Waals surface area contributed by atoms with E-state index in [1.165, 1.54) is 0 Å². The molecule has 0 aliphatic rings. The Balaban J connectivity index is 2.62. The summed E-state index contributed by atoms with van der Waals surface area (Å²) in [5.74, 6) is -0.784. The molecule has 0 aliphatic carbocycles. The molecule has 1 aromatic carbocycles. The van der Waals surface area contributed by atoms with E-state index in [1.54, 1.807) is 0 Å². The molecule has 1 amide bonds. The van der Waals surface area contributed by atoms with Crippen molar-refractivity contribution in [3.8, 4) is 5.75 Å². The van der Waals surface area contributed by atoms with E-state index in [2.05, 4.69) is 4.84 Å². The van der Waals surface area contributed by atoms with Crippen molar-refractivity contribution >= 4 is 17.5 Å². The molecular formula is C9H7ClF3NO2. The van der Waals surface area contributed by atoms with E-state index in [-0.39, 0.29) is 11.6 Å². The molecule has 0 heterocycles. The number of halogens is 4. The maximum Gasteiger partial charge on any atom is 0.416 e. The van der Waals surface area contributed by atoms with Crippen molar-refractivity contribution in [3.05, 3.63) is 29.8 Å². The second kappa shape index (κ2) is 5.07. The van der Waals surface area contributed by atoms with Crippen LogP contribution in [0.4, 0.5) is 13.2 Å². The predicted molar refractivity (Wildman–Crippen MR) is 50.9 cm³/mol. The van der Waals surface area contributed by atoms with Crippen LogP contribution < -0.4 is 10.3 Å². The molecular weight excluding hydrogens is 247 g/mol. The first kappa shape index (κ1) is 12.6. The van der Waals surface area contributed by atoms with Crippen LogP contribution in [-0.4, -0.2) is 11.8 Å². The van der Waals surface area contributed by atoms with E-state index in [0.717, 1.165) is 24.3 Å². The van der Waals surface area contributed by atoms with Crippen LogP contribution in [0.25, 0.3) is 0 Å². The van der Waals surface area contributed by atoms with Crippen LogP contribution in [0.1, 0.15) is 5.56 Å². The quantitative estimate of drug-likeness (QED) is 0.663. The molecule has 0 bridgehead atoms. The Labute approximate surface area is 94.1 Å². The molecule has 1 N–H and O–H groups in total. The molecule has 0 saturated heterocycles. The Morgan fingerprint density at radius 1 is 1.31 bits per heavy atom. The molecule has 0 spiro atoms. The predicted octanol–water partition coefficient (Wildman–Crippen LogP) is 2.35. The largest absolute Gasteiger partial charge is 0.416 e. The summed E-state index contributed by atoms with van der Waals surface area (Å²) in [7, 11) is 0. The van der Waals surface area contributed by atoms with Crippen LogP contribution in [0.15, 0.2) is 24.3 Å². The fourth-order valence-electron chi connectivity index (χ4n) is 0.855. The number of carbonyl (C=O) groups excluding carboxylic acids is 1. The third-order valence-corrected chi connectivity index (χ3v) is 1.83. The standard InChI is InChI=1S/C9H7ClF3NO2/c10-5-8(15)14-16-7-3-1-6(2-4-7)9(11,12)13/h1-4H,5H2,(H,14,15). The summed E-state index contributed by atoms with van der Waals surface area (Å²) < 4.78 is 36.5. The van der Waals surface area contributed by atoms with Gasteiger partial charge >= 0.3 is 6.18 Å². The molecule has 0 atom stereocenters. The van der Waals surface area contributed by atoms with Crippen LogP contribution in [-0.2, 0) is 11.0 Å². The van der Waals surface area contributed by atoms with E-state index in [4.69, 9.17) is 11.6 Å². The maximum absolute atomic E-state index is 12.2. The molecule has 1 aromatic rings. The van der Waals surface area contributed by atoms with Crippen molar-refractivity contribution < 1.29 is 22.8 Å². The van der Waals surface area contributed by atoms with Crippen molar-refractivity contribution in [1.82, 2.24) is 5.48 Å². The van der Waals surface area contributed by atoms with Crippen molar-refractivity contribution in [2.75, 3.05) is 5.88 Å². The lowest BCUT2D eigenvalue weighted by Gasteiger charge is -2.08. The first-order chi connectivity index (χ1) is 7.43. The number of hydroxylamine groups is 1. The van der Waals surface area contributed by atoms with Gasteiger partial charge in [0, 0.05) is 0 Å².